The Morgan fingerprint density at radius 1 is 0.422 bits per heavy atom. The summed E-state index contributed by atoms with van der Waals surface area (Å²) in [5, 5.41) is 7.29. The molecule has 0 unspecified atom stereocenters. The maximum Gasteiger partial charge on any atom is 0.164 e. The molecule has 212 valence electrons. The van der Waals surface area contributed by atoms with Crippen molar-refractivity contribution in [3.8, 4) is 45.3 Å². The Kier molecular flexibility index (Phi) is 5.54. The zero-order valence-electron chi connectivity index (χ0n) is 25.1. The van der Waals surface area contributed by atoms with Crippen LogP contribution in [0.4, 0.5) is 0 Å². The maximum atomic E-state index is 5.10. The molecular weight excluding hydrogens is 546 g/mol. The smallest absolute Gasteiger partial charge is 0.164 e. The van der Waals surface area contributed by atoms with Gasteiger partial charge in [-0.15, -0.1) is 0 Å². The van der Waals surface area contributed by atoms with E-state index >= 15 is 0 Å². The number of rotatable bonds is 3. The molecule has 3 nitrogen and oxygen atoms in total. The Labute approximate surface area is 261 Å². The summed E-state index contributed by atoms with van der Waals surface area (Å²) >= 11 is 0. The summed E-state index contributed by atoms with van der Waals surface area (Å²) in [7, 11) is 0. The third-order valence-electron chi connectivity index (χ3n) is 9.48. The lowest BCUT2D eigenvalue weighted by molar-refractivity contribution is 0.661. The second-order valence-electron chi connectivity index (χ2n) is 12.5. The van der Waals surface area contributed by atoms with Crippen LogP contribution in [-0.2, 0) is 5.41 Å². The molecule has 0 aliphatic heterocycles. The van der Waals surface area contributed by atoms with Crippen molar-refractivity contribution in [2.24, 2.45) is 0 Å². The average Bonchev–Trinajstić information content (AvgIpc) is 3.34. The molecule has 8 aromatic rings. The van der Waals surface area contributed by atoms with Crippen molar-refractivity contribution in [1.29, 1.82) is 0 Å². The Morgan fingerprint density at radius 2 is 1.00 bits per heavy atom. The number of aromatic nitrogens is 3. The van der Waals surface area contributed by atoms with E-state index in [9.17, 15) is 0 Å². The Balaban J connectivity index is 1.30. The van der Waals surface area contributed by atoms with Gasteiger partial charge in [-0.1, -0.05) is 141 Å². The largest absolute Gasteiger partial charge is 0.208 e. The minimum absolute atomic E-state index is 0.0621. The van der Waals surface area contributed by atoms with E-state index < -0.39 is 0 Å². The molecule has 1 aliphatic rings. The predicted molar refractivity (Wildman–Crippen MR) is 186 cm³/mol. The van der Waals surface area contributed by atoms with Crippen LogP contribution in [0.2, 0.25) is 0 Å². The fourth-order valence-electron chi connectivity index (χ4n) is 7.16. The first kappa shape index (κ1) is 25.8. The molecule has 45 heavy (non-hydrogen) atoms. The number of fused-ring (bicyclic) bond motifs is 8. The molecule has 0 bridgehead atoms. The zero-order valence-corrected chi connectivity index (χ0v) is 25.1. The van der Waals surface area contributed by atoms with Crippen LogP contribution in [0.5, 0.6) is 0 Å². The van der Waals surface area contributed by atoms with Crippen LogP contribution in [0.3, 0.4) is 0 Å². The maximum absolute atomic E-state index is 5.10. The van der Waals surface area contributed by atoms with Crippen molar-refractivity contribution in [2.75, 3.05) is 0 Å². The first-order valence-corrected chi connectivity index (χ1v) is 15.5. The van der Waals surface area contributed by atoms with Gasteiger partial charge in [-0.3, -0.25) is 0 Å². The normalized spacial score (nSPS) is 13.3. The molecule has 1 heterocycles. The van der Waals surface area contributed by atoms with E-state index in [0.29, 0.717) is 17.5 Å². The fourth-order valence-corrected chi connectivity index (χ4v) is 7.16. The van der Waals surface area contributed by atoms with Crippen LogP contribution in [-0.4, -0.2) is 15.0 Å². The highest BCUT2D eigenvalue weighted by atomic mass is 15.0. The van der Waals surface area contributed by atoms with E-state index in [1.807, 2.05) is 18.2 Å². The number of benzene rings is 7. The SMILES string of the molecule is CC1(C)c2ccccc2-c2c1ccc1ccc3ccc(-c4nc(-c5ccccc5)nc(-c5ccc6ccccc6c5)n4)cc3c21. The number of nitrogens with zero attached hydrogens (tertiary/aromatic N) is 3. The molecule has 0 spiro atoms. The fraction of sp³-hybridized carbons (Fsp3) is 0.0714. The molecule has 0 saturated heterocycles. The second-order valence-corrected chi connectivity index (χ2v) is 12.5. The van der Waals surface area contributed by atoms with Crippen molar-refractivity contribution in [3.05, 3.63) is 151 Å². The minimum Gasteiger partial charge on any atom is -0.208 e. The van der Waals surface area contributed by atoms with Crippen LogP contribution in [0.1, 0.15) is 25.0 Å². The van der Waals surface area contributed by atoms with Crippen LogP contribution < -0.4 is 0 Å². The second kappa shape index (κ2) is 9.67. The molecule has 7 aromatic carbocycles. The lowest BCUT2D eigenvalue weighted by Gasteiger charge is -2.21. The van der Waals surface area contributed by atoms with Gasteiger partial charge in [0, 0.05) is 22.1 Å². The van der Waals surface area contributed by atoms with E-state index in [1.165, 1.54) is 49.2 Å². The molecule has 0 saturated carbocycles. The van der Waals surface area contributed by atoms with Crippen LogP contribution in [0.15, 0.2) is 140 Å². The van der Waals surface area contributed by atoms with Gasteiger partial charge in [0.1, 0.15) is 0 Å². The summed E-state index contributed by atoms with van der Waals surface area (Å²) in [6.45, 7) is 4.68. The van der Waals surface area contributed by atoms with E-state index in [4.69, 9.17) is 15.0 Å². The van der Waals surface area contributed by atoms with Gasteiger partial charge in [0.05, 0.1) is 0 Å². The molecule has 3 heteroatoms. The first-order chi connectivity index (χ1) is 22.0. The van der Waals surface area contributed by atoms with Gasteiger partial charge in [0.25, 0.3) is 0 Å². The van der Waals surface area contributed by atoms with E-state index in [-0.39, 0.29) is 5.41 Å². The lowest BCUT2D eigenvalue weighted by atomic mass is 9.82. The molecule has 9 rings (SSSR count). The Morgan fingerprint density at radius 3 is 1.80 bits per heavy atom. The van der Waals surface area contributed by atoms with Crippen molar-refractivity contribution in [3.63, 3.8) is 0 Å². The van der Waals surface area contributed by atoms with Gasteiger partial charge < -0.3 is 0 Å². The number of hydrogen-bond acceptors (Lipinski definition) is 3. The van der Waals surface area contributed by atoms with Crippen molar-refractivity contribution in [2.45, 2.75) is 19.3 Å². The topological polar surface area (TPSA) is 38.7 Å². The summed E-state index contributed by atoms with van der Waals surface area (Å²) in [5.74, 6) is 2.00. The lowest BCUT2D eigenvalue weighted by Crippen LogP contribution is -2.14. The van der Waals surface area contributed by atoms with Gasteiger partial charge in [0.2, 0.25) is 0 Å². The van der Waals surface area contributed by atoms with Crippen molar-refractivity contribution < 1.29 is 0 Å². The van der Waals surface area contributed by atoms with E-state index in [2.05, 4.69) is 135 Å². The summed E-state index contributed by atoms with van der Waals surface area (Å²) in [4.78, 5) is 15.1. The van der Waals surface area contributed by atoms with Crippen molar-refractivity contribution >= 4 is 32.3 Å². The molecule has 0 amide bonds. The van der Waals surface area contributed by atoms with Gasteiger partial charge in [0.15, 0.2) is 17.5 Å². The Hall–Kier alpha value is -5.67. The van der Waals surface area contributed by atoms with Crippen LogP contribution in [0.25, 0.3) is 77.6 Å². The van der Waals surface area contributed by atoms with E-state index in [1.54, 1.807) is 0 Å². The summed E-state index contributed by atoms with van der Waals surface area (Å²) in [6.07, 6.45) is 0. The highest BCUT2D eigenvalue weighted by Gasteiger charge is 2.36. The van der Waals surface area contributed by atoms with Gasteiger partial charge in [-0.05, 0) is 66.7 Å². The summed E-state index contributed by atoms with van der Waals surface area (Å²) in [6, 6.07) is 49.5. The molecule has 0 radical (unpaired) electrons. The molecule has 1 aromatic heterocycles. The molecule has 1 aliphatic carbocycles. The van der Waals surface area contributed by atoms with Crippen LogP contribution >= 0.6 is 0 Å². The number of hydrogen-bond donors (Lipinski definition) is 0. The standard InChI is InChI=1S/C42H29N3/c1-42(2)35-15-9-8-14-33(35)38-36(42)23-22-28-19-17-27-18-21-32(25-34(27)37(28)38)41-44-39(29-11-4-3-5-12-29)43-40(45-41)31-20-16-26-10-6-7-13-30(26)24-31/h3-25H,1-2H3. The molecule has 0 N–H and O–H groups in total. The third-order valence-corrected chi connectivity index (χ3v) is 9.48. The Bertz CT molecular complexity index is 2460. The summed E-state index contributed by atoms with van der Waals surface area (Å²) in [5.41, 5.74) is 8.26. The first-order valence-electron chi connectivity index (χ1n) is 15.5. The van der Waals surface area contributed by atoms with Gasteiger partial charge >= 0.3 is 0 Å². The average molecular weight is 576 g/mol. The predicted octanol–water partition coefficient (Wildman–Crippen LogP) is 10.6. The van der Waals surface area contributed by atoms with Gasteiger partial charge in [-0.25, -0.2) is 15.0 Å². The highest BCUT2D eigenvalue weighted by Crippen LogP contribution is 2.52. The van der Waals surface area contributed by atoms with Gasteiger partial charge in [-0.2, -0.15) is 0 Å². The third kappa shape index (κ3) is 4.01. The molecule has 0 atom stereocenters. The monoisotopic (exact) mass is 575 g/mol. The molecular formula is C42H29N3. The summed E-state index contributed by atoms with van der Waals surface area (Å²) < 4.78 is 0. The zero-order chi connectivity index (χ0) is 30.1. The van der Waals surface area contributed by atoms with E-state index in [0.717, 1.165) is 22.1 Å². The minimum atomic E-state index is -0.0621. The van der Waals surface area contributed by atoms with Crippen molar-refractivity contribution in [1.82, 2.24) is 15.0 Å². The highest BCUT2D eigenvalue weighted by molar-refractivity contribution is 6.17. The quantitative estimate of drug-likeness (QED) is 0.197. The molecule has 0 fully saturated rings. The van der Waals surface area contributed by atoms with Crippen LogP contribution in [0, 0.1) is 0 Å².